The highest BCUT2D eigenvalue weighted by atomic mass is 16.5. The minimum absolute atomic E-state index is 0.0241. The molecule has 210 valence electrons. The number of hydrogen-bond donors (Lipinski definition) is 1. The normalized spacial score (nSPS) is 27.9. The minimum atomic E-state index is -0.222. The summed E-state index contributed by atoms with van der Waals surface area (Å²) in [6.45, 7) is 32.3. The Balaban J connectivity index is 1.78. The van der Waals surface area contributed by atoms with Crippen LogP contribution in [0.3, 0.4) is 0 Å². The van der Waals surface area contributed by atoms with E-state index in [1.165, 1.54) is 39.0 Å². The molecule has 3 atom stereocenters. The van der Waals surface area contributed by atoms with Crippen LogP contribution in [0.15, 0.2) is 83.5 Å². The number of phenols is 1. The molecule has 2 heteroatoms. The van der Waals surface area contributed by atoms with Gasteiger partial charge in [-0.3, -0.25) is 0 Å². The topological polar surface area (TPSA) is 29.5 Å². The van der Waals surface area contributed by atoms with Crippen LogP contribution in [0.2, 0.25) is 0 Å². The Morgan fingerprint density at radius 1 is 1.02 bits per heavy atom. The first-order valence-corrected chi connectivity index (χ1v) is 14.6. The van der Waals surface area contributed by atoms with Crippen LogP contribution in [0.5, 0.6) is 11.5 Å². The Morgan fingerprint density at radius 2 is 1.65 bits per heavy atom. The molecule has 0 spiro atoms. The van der Waals surface area contributed by atoms with Crippen molar-refractivity contribution < 1.29 is 9.84 Å². The van der Waals surface area contributed by atoms with Gasteiger partial charge in [-0.2, -0.15) is 0 Å². The lowest BCUT2D eigenvalue weighted by atomic mass is 9.41. The highest BCUT2D eigenvalue weighted by Crippen LogP contribution is 2.70. The average Bonchev–Trinajstić information content (AvgIpc) is 2.85. The van der Waals surface area contributed by atoms with Crippen LogP contribution in [-0.2, 0) is 6.42 Å². The summed E-state index contributed by atoms with van der Waals surface area (Å²) in [4.78, 5) is 0. The molecule has 2 nitrogen and oxygen atoms in total. The van der Waals surface area contributed by atoms with Crippen LogP contribution >= 0.6 is 0 Å². The van der Waals surface area contributed by atoms with E-state index in [2.05, 4.69) is 68.0 Å². The van der Waals surface area contributed by atoms with Crippen LogP contribution < -0.4 is 4.74 Å². The molecule has 0 amide bonds. The molecule has 2 aromatic carbocycles. The first-order chi connectivity index (χ1) is 18.6. The zero-order valence-corrected chi connectivity index (χ0v) is 26.1. The molecule has 3 aliphatic carbocycles. The molecular weight excluding hydrogens is 488 g/mol. The first kappa shape index (κ1) is 28.3. The van der Waals surface area contributed by atoms with Crippen molar-refractivity contribution in [2.24, 2.45) is 16.2 Å². The maximum atomic E-state index is 11.9. The Kier molecular flexibility index (Phi) is 6.45. The summed E-state index contributed by atoms with van der Waals surface area (Å²) in [5.41, 5.74) is 13.6. The molecule has 2 aromatic rings. The number of hydrogen-bond acceptors (Lipinski definition) is 2. The molecule has 0 bridgehead atoms. The van der Waals surface area contributed by atoms with Gasteiger partial charge in [0.05, 0.1) is 7.11 Å². The number of phenolic OH excluding ortho intramolecular Hbond substituents is 1. The van der Waals surface area contributed by atoms with E-state index in [4.69, 9.17) is 17.9 Å². The number of methoxy groups -OCH3 is 1. The molecule has 0 radical (unpaired) electrons. The van der Waals surface area contributed by atoms with Crippen molar-refractivity contribution in [3.05, 3.63) is 100 Å². The van der Waals surface area contributed by atoms with Crippen molar-refractivity contribution in [1.82, 2.24) is 0 Å². The van der Waals surface area contributed by atoms with Gasteiger partial charge in [-0.15, -0.1) is 0 Å². The summed E-state index contributed by atoms with van der Waals surface area (Å²) >= 11 is 0. The second kappa shape index (κ2) is 9.13. The van der Waals surface area contributed by atoms with E-state index in [0.29, 0.717) is 11.7 Å². The van der Waals surface area contributed by atoms with Crippen molar-refractivity contribution >= 4 is 5.57 Å². The van der Waals surface area contributed by atoms with Crippen molar-refractivity contribution in [1.29, 1.82) is 0 Å². The predicted octanol–water partition coefficient (Wildman–Crippen LogP) is 10.4. The zero-order chi connectivity index (χ0) is 29.5. The number of benzene rings is 2. The average molecular weight is 535 g/mol. The maximum absolute atomic E-state index is 11.9. The van der Waals surface area contributed by atoms with Crippen molar-refractivity contribution in [2.45, 2.75) is 80.6 Å². The van der Waals surface area contributed by atoms with E-state index < -0.39 is 0 Å². The number of rotatable bonds is 4. The zero-order valence-electron chi connectivity index (χ0n) is 26.1. The lowest BCUT2D eigenvalue weighted by Crippen LogP contribution is -2.52. The number of allylic oxidation sites excluding steroid dienone is 7. The SMILES string of the molecule is C=C(C)C1=C(C)C[C@@]2(C)C[C@@]3(C)Cc4c(C(C)C)cc(-c5ccc(OC)cc5)c(O)c4C(=C)C3=C(C)[C@@]2(C)C1=C. The van der Waals surface area contributed by atoms with E-state index in [1.54, 1.807) is 7.11 Å². The number of fused-ring (bicyclic) bond motifs is 3. The molecule has 0 aromatic heterocycles. The molecule has 40 heavy (non-hydrogen) atoms. The molecule has 1 N–H and O–H groups in total. The largest absolute Gasteiger partial charge is 0.507 e. The highest BCUT2D eigenvalue weighted by Gasteiger charge is 2.60. The standard InChI is InChI=1S/C38H46O2/c1-21(2)29-17-30(27-13-15-28(40-12)16-14-27)35(39)33-24(6)34-26(8)38(11)25(7)32(22(3)4)23(5)18-37(38,10)20-36(34,9)19-31(29)33/h13-17,21,39H,3,6-7,18-20H2,1-2,4-5,8-12H3/t36-,37+,38-/m1/s1. The maximum Gasteiger partial charge on any atom is 0.131 e. The number of ether oxygens (including phenoxy) is 1. The van der Waals surface area contributed by atoms with Crippen molar-refractivity contribution in [2.75, 3.05) is 7.11 Å². The Morgan fingerprint density at radius 3 is 2.20 bits per heavy atom. The van der Waals surface area contributed by atoms with Gasteiger partial charge in [0, 0.05) is 16.5 Å². The van der Waals surface area contributed by atoms with Crippen LogP contribution in [0.25, 0.3) is 16.7 Å². The molecule has 0 unspecified atom stereocenters. The van der Waals surface area contributed by atoms with Gasteiger partial charge in [0.1, 0.15) is 11.5 Å². The van der Waals surface area contributed by atoms with Crippen LogP contribution in [0.4, 0.5) is 0 Å². The molecule has 3 aliphatic rings. The fraction of sp³-hybridized carbons (Fsp3) is 0.421. The number of aromatic hydroxyl groups is 1. The second-order valence-electron chi connectivity index (χ2n) is 13.8. The molecule has 0 saturated heterocycles. The molecule has 0 saturated carbocycles. The third-order valence-corrected chi connectivity index (χ3v) is 10.8. The minimum Gasteiger partial charge on any atom is -0.507 e. The van der Waals surface area contributed by atoms with E-state index in [0.717, 1.165) is 52.8 Å². The van der Waals surface area contributed by atoms with Crippen molar-refractivity contribution in [3.8, 4) is 22.6 Å². The summed E-state index contributed by atoms with van der Waals surface area (Å²) < 4.78 is 5.39. The van der Waals surface area contributed by atoms with E-state index in [-0.39, 0.29) is 16.2 Å². The Labute approximate surface area is 241 Å². The summed E-state index contributed by atoms with van der Waals surface area (Å²) in [7, 11) is 1.67. The summed E-state index contributed by atoms with van der Waals surface area (Å²) in [5.74, 6) is 1.45. The van der Waals surface area contributed by atoms with Gasteiger partial charge in [0.2, 0.25) is 0 Å². The molecule has 0 aliphatic heterocycles. The molecule has 0 fully saturated rings. The Bertz CT molecular complexity index is 1540. The molecule has 0 heterocycles. The third-order valence-electron chi connectivity index (χ3n) is 10.8. The fourth-order valence-electron chi connectivity index (χ4n) is 8.93. The van der Waals surface area contributed by atoms with Gasteiger partial charge in [-0.1, -0.05) is 83.2 Å². The summed E-state index contributed by atoms with van der Waals surface area (Å²) in [6, 6.07) is 10.2. The smallest absolute Gasteiger partial charge is 0.131 e. The van der Waals surface area contributed by atoms with E-state index >= 15 is 0 Å². The lowest BCUT2D eigenvalue weighted by molar-refractivity contribution is 0.0542. The van der Waals surface area contributed by atoms with Gasteiger partial charge in [0.25, 0.3) is 0 Å². The summed E-state index contributed by atoms with van der Waals surface area (Å²) in [6.07, 6.45) is 2.97. The predicted molar refractivity (Wildman–Crippen MR) is 170 cm³/mol. The van der Waals surface area contributed by atoms with E-state index in [1.807, 2.05) is 24.3 Å². The second-order valence-corrected chi connectivity index (χ2v) is 13.8. The molecule has 5 rings (SSSR count). The fourth-order valence-corrected chi connectivity index (χ4v) is 8.93. The highest BCUT2D eigenvalue weighted by molar-refractivity contribution is 5.92. The first-order valence-electron chi connectivity index (χ1n) is 14.6. The summed E-state index contributed by atoms with van der Waals surface area (Å²) in [5, 5.41) is 11.9. The van der Waals surface area contributed by atoms with Gasteiger partial charge in [-0.25, -0.2) is 0 Å². The van der Waals surface area contributed by atoms with Gasteiger partial charge in [-0.05, 0) is 114 Å². The van der Waals surface area contributed by atoms with Crippen LogP contribution in [0, 0.1) is 16.2 Å². The van der Waals surface area contributed by atoms with E-state index in [9.17, 15) is 5.11 Å². The molecular formula is C38H46O2. The third kappa shape index (κ3) is 3.67. The van der Waals surface area contributed by atoms with Crippen LogP contribution in [0.1, 0.15) is 90.8 Å². The quantitative estimate of drug-likeness (QED) is 0.423. The Hall–Kier alpha value is -3.26. The lowest BCUT2D eigenvalue weighted by Gasteiger charge is -2.62. The van der Waals surface area contributed by atoms with Gasteiger partial charge in [0.15, 0.2) is 0 Å². The monoisotopic (exact) mass is 534 g/mol. The van der Waals surface area contributed by atoms with Crippen LogP contribution in [-0.4, -0.2) is 12.2 Å². The van der Waals surface area contributed by atoms with Gasteiger partial charge < -0.3 is 9.84 Å². The van der Waals surface area contributed by atoms with Crippen molar-refractivity contribution in [3.63, 3.8) is 0 Å². The van der Waals surface area contributed by atoms with Gasteiger partial charge >= 0.3 is 0 Å².